The molecule has 0 spiro atoms. The van der Waals surface area contributed by atoms with Gasteiger partial charge in [-0.2, -0.15) is 0 Å². The Kier molecular flexibility index (Phi) is 4.73. The van der Waals surface area contributed by atoms with E-state index < -0.39 is 6.23 Å². The molecule has 4 nitrogen and oxygen atoms in total. The van der Waals surface area contributed by atoms with E-state index in [0.29, 0.717) is 5.75 Å². The fraction of sp³-hybridized carbons (Fsp3) is 0.500. The van der Waals surface area contributed by atoms with Gasteiger partial charge in [0.1, 0.15) is 5.75 Å². The van der Waals surface area contributed by atoms with E-state index in [9.17, 15) is 4.79 Å². The lowest BCUT2D eigenvalue weighted by molar-refractivity contribution is -0.123. The van der Waals surface area contributed by atoms with E-state index in [2.05, 4.69) is 22.8 Å². The molecule has 1 fully saturated rings. The summed E-state index contributed by atoms with van der Waals surface area (Å²) in [5, 5.41) is 0. The molecule has 1 aromatic carbocycles. The van der Waals surface area contributed by atoms with Gasteiger partial charge in [-0.1, -0.05) is 19.1 Å². The van der Waals surface area contributed by atoms with Crippen molar-refractivity contribution in [3.05, 3.63) is 30.3 Å². The van der Waals surface area contributed by atoms with Crippen LogP contribution < -0.4 is 4.74 Å². The molecule has 0 amide bonds. The van der Waals surface area contributed by atoms with Crippen molar-refractivity contribution >= 4 is 6.29 Å². The van der Waals surface area contributed by atoms with E-state index in [1.54, 1.807) is 12.1 Å². The number of likely N-dealkylation sites (N-methyl/N-ethyl adjacent to an activating group) is 1. The smallest absolute Gasteiger partial charge is 0.209 e. The summed E-state index contributed by atoms with van der Waals surface area (Å²) in [4.78, 5) is 15.6. The quantitative estimate of drug-likeness (QED) is 0.728. The van der Waals surface area contributed by atoms with Crippen LogP contribution in [0.4, 0.5) is 0 Å². The average molecular weight is 247 g/mol. The van der Waals surface area contributed by atoms with Crippen molar-refractivity contribution in [2.45, 2.75) is 13.2 Å². The van der Waals surface area contributed by atoms with Crippen LogP contribution >= 0.6 is 0 Å². The normalized spacial score (nSPS) is 19.4. The Morgan fingerprint density at radius 2 is 2.00 bits per heavy atom. The van der Waals surface area contributed by atoms with Gasteiger partial charge in [0.25, 0.3) is 0 Å². The molecule has 2 rings (SSSR count). The van der Waals surface area contributed by atoms with Gasteiger partial charge in [-0.25, -0.2) is 0 Å². The summed E-state index contributed by atoms with van der Waals surface area (Å²) < 4.78 is 5.69. The predicted octanol–water partition coefficient (Wildman–Crippen LogP) is 1.03. The zero-order valence-electron chi connectivity index (χ0n) is 10.7. The minimum absolute atomic E-state index is 0.480. The van der Waals surface area contributed by atoms with Crippen molar-refractivity contribution in [2.75, 3.05) is 32.7 Å². The summed E-state index contributed by atoms with van der Waals surface area (Å²) in [6.45, 7) is 6.95. The van der Waals surface area contributed by atoms with Crippen LogP contribution in [0.1, 0.15) is 6.92 Å². The van der Waals surface area contributed by atoms with E-state index in [4.69, 9.17) is 4.74 Å². The van der Waals surface area contributed by atoms with Gasteiger partial charge in [-0.15, -0.1) is 0 Å². The number of aldehydes is 1. The third kappa shape index (κ3) is 3.31. The molecule has 1 radical (unpaired) electrons. The first-order valence-electron chi connectivity index (χ1n) is 6.38. The monoisotopic (exact) mass is 247 g/mol. The number of piperazine rings is 1. The Morgan fingerprint density at radius 1 is 1.33 bits per heavy atom. The molecule has 1 heterocycles. The Hall–Kier alpha value is -1.39. The predicted molar refractivity (Wildman–Crippen MR) is 69.4 cm³/mol. The first-order valence-corrected chi connectivity index (χ1v) is 6.38. The van der Waals surface area contributed by atoms with Crippen molar-refractivity contribution in [2.24, 2.45) is 0 Å². The van der Waals surface area contributed by atoms with Gasteiger partial charge in [0.05, 0.1) is 0 Å². The van der Waals surface area contributed by atoms with Gasteiger partial charge >= 0.3 is 0 Å². The fourth-order valence-electron chi connectivity index (χ4n) is 2.11. The molecule has 0 aliphatic carbocycles. The zero-order chi connectivity index (χ0) is 12.8. The molecule has 1 unspecified atom stereocenters. The standard InChI is InChI=1S/C14H19N2O2/c1-2-15-8-10-16(11-9-15)14(12-17)18-13-6-4-3-5-7-13/h4-7,12,14H,2,8-11H2,1H3. The van der Waals surface area contributed by atoms with Crippen molar-refractivity contribution in [3.63, 3.8) is 0 Å². The third-order valence-electron chi connectivity index (χ3n) is 3.27. The van der Waals surface area contributed by atoms with Crippen LogP contribution in [0, 0.1) is 6.07 Å². The van der Waals surface area contributed by atoms with Crippen LogP contribution in [0.15, 0.2) is 24.3 Å². The Morgan fingerprint density at radius 3 is 2.56 bits per heavy atom. The fourth-order valence-corrected chi connectivity index (χ4v) is 2.11. The molecule has 1 aliphatic heterocycles. The first-order chi connectivity index (χ1) is 8.83. The molecule has 18 heavy (non-hydrogen) atoms. The van der Waals surface area contributed by atoms with Crippen LogP contribution in [0.5, 0.6) is 5.75 Å². The largest absolute Gasteiger partial charge is 0.468 e. The molecule has 0 saturated carbocycles. The molecule has 1 saturated heterocycles. The van der Waals surface area contributed by atoms with Gasteiger partial charge in [0.2, 0.25) is 6.23 Å². The number of benzene rings is 1. The number of carbonyl (C=O) groups excluding carboxylic acids is 1. The number of ether oxygens (including phenoxy) is 1. The molecular weight excluding hydrogens is 228 g/mol. The number of hydrogen-bond donors (Lipinski definition) is 0. The number of rotatable bonds is 5. The SMILES string of the molecule is CCN1CCN(C(C=O)Oc2cc[c]cc2)CC1. The highest BCUT2D eigenvalue weighted by atomic mass is 16.5. The van der Waals surface area contributed by atoms with Gasteiger partial charge in [-0.3, -0.25) is 9.69 Å². The average Bonchev–Trinajstić information content (AvgIpc) is 2.46. The van der Waals surface area contributed by atoms with Crippen LogP contribution in [0.3, 0.4) is 0 Å². The zero-order valence-corrected chi connectivity index (χ0v) is 10.7. The molecule has 4 heteroatoms. The number of carbonyl (C=O) groups is 1. The summed E-state index contributed by atoms with van der Waals surface area (Å²) >= 11 is 0. The lowest BCUT2D eigenvalue weighted by Gasteiger charge is -2.36. The summed E-state index contributed by atoms with van der Waals surface area (Å²) in [5.41, 5.74) is 0. The van der Waals surface area contributed by atoms with Crippen molar-refractivity contribution in [3.8, 4) is 5.75 Å². The molecule has 0 N–H and O–H groups in total. The van der Waals surface area contributed by atoms with E-state index in [1.165, 1.54) is 0 Å². The summed E-state index contributed by atoms with van der Waals surface area (Å²) in [7, 11) is 0. The molecule has 97 valence electrons. The van der Waals surface area contributed by atoms with Crippen LogP contribution in [0.25, 0.3) is 0 Å². The number of nitrogens with zero attached hydrogens (tertiary/aromatic N) is 2. The van der Waals surface area contributed by atoms with E-state index in [0.717, 1.165) is 39.0 Å². The van der Waals surface area contributed by atoms with Gasteiger partial charge in [0.15, 0.2) is 6.29 Å². The Labute approximate surface area is 108 Å². The van der Waals surface area contributed by atoms with Gasteiger partial charge < -0.3 is 9.64 Å². The van der Waals surface area contributed by atoms with Crippen LogP contribution in [-0.4, -0.2) is 55.0 Å². The van der Waals surface area contributed by atoms with Gasteiger partial charge in [0, 0.05) is 26.2 Å². The van der Waals surface area contributed by atoms with E-state index >= 15 is 0 Å². The topological polar surface area (TPSA) is 32.8 Å². The maximum Gasteiger partial charge on any atom is 0.209 e. The van der Waals surface area contributed by atoms with Crippen molar-refractivity contribution in [1.29, 1.82) is 0 Å². The highest BCUT2D eigenvalue weighted by Gasteiger charge is 2.23. The van der Waals surface area contributed by atoms with E-state index in [1.807, 2.05) is 12.1 Å². The Bertz CT molecular complexity index is 361. The molecule has 1 aromatic rings. The molecular formula is C14H19N2O2. The van der Waals surface area contributed by atoms with Crippen molar-refractivity contribution in [1.82, 2.24) is 9.80 Å². The summed E-state index contributed by atoms with van der Waals surface area (Å²) in [6, 6.07) is 10.1. The number of hydrogen-bond acceptors (Lipinski definition) is 4. The molecule has 0 aromatic heterocycles. The Balaban J connectivity index is 1.91. The lowest BCUT2D eigenvalue weighted by Crippen LogP contribution is -2.52. The second-order valence-corrected chi connectivity index (χ2v) is 4.35. The van der Waals surface area contributed by atoms with Crippen LogP contribution in [-0.2, 0) is 4.79 Å². The summed E-state index contributed by atoms with van der Waals surface area (Å²) in [5.74, 6) is 0.712. The highest BCUT2D eigenvalue weighted by Crippen LogP contribution is 2.13. The maximum absolute atomic E-state index is 11.2. The summed E-state index contributed by atoms with van der Waals surface area (Å²) in [6.07, 6.45) is 0.393. The van der Waals surface area contributed by atoms with E-state index in [-0.39, 0.29) is 0 Å². The second-order valence-electron chi connectivity index (χ2n) is 4.35. The molecule has 1 atom stereocenters. The third-order valence-corrected chi connectivity index (χ3v) is 3.27. The van der Waals surface area contributed by atoms with Gasteiger partial charge in [-0.05, 0) is 24.7 Å². The first kappa shape index (κ1) is 13.1. The second kappa shape index (κ2) is 6.52. The van der Waals surface area contributed by atoms with Crippen molar-refractivity contribution < 1.29 is 9.53 Å². The highest BCUT2D eigenvalue weighted by molar-refractivity contribution is 5.56. The molecule has 0 bridgehead atoms. The maximum atomic E-state index is 11.2. The minimum Gasteiger partial charge on any atom is -0.468 e. The lowest BCUT2D eigenvalue weighted by atomic mass is 10.3. The molecule has 1 aliphatic rings. The van der Waals surface area contributed by atoms with Crippen LogP contribution in [0.2, 0.25) is 0 Å². The minimum atomic E-state index is -0.480.